The predicted molar refractivity (Wildman–Crippen MR) is 143 cm³/mol. The fourth-order valence-electron chi connectivity index (χ4n) is 4.61. The lowest BCUT2D eigenvalue weighted by molar-refractivity contribution is -0.125. The first-order chi connectivity index (χ1) is 17.1. The van der Waals surface area contributed by atoms with Crippen molar-refractivity contribution in [2.75, 3.05) is 38.2 Å². The lowest BCUT2D eigenvalue weighted by Crippen LogP contribution is -2.49. The summed E-state index contributed by atoms with van der Waals surface area (Å²) in [5, 5.41) is 1.10. The summed E-state index contributed by atoms with van der Waals surface area (Å²) < 4.78 is 5.55. The van der Waals surface area contributed by atoms with Gasteiger partial charge in [0.15, 0.2) is 0 Å². The summed E-state index contributed by atoms with van der Waals surface area (Å²) >= 11 is 0. The van der Waals surface area contributed by atoms with Gasteiger partial charge < -0.3 is 14.5 Å². The average Bonchev–Trinajstić information content (AvgIpc) is 2.92. The van der Waals surface area contributed by atoms with Crippen LogP contribution in [0.5, 0.6) is 5.75 Å². The third-order valence-corrected chi connectivity index (χ3v) is 6.53. The number of ether oxygens (including phenoxy) is 1. The minimum Gasteiger partial charge on any atom is -0.494 e. The first-order valence-corrected chi connectivity index (χ1v) is 11.9. The van der Waals surface area contributed by atoms with E-state index >= 15 is 0 Å². The Hall–Kier alpha value is -4.12. The molecule has 5 heteroatoms. The molecule has 35 heavy (non-hydrogen) atoms. The zero-order valence-corrected chi connectivity index (χ0v) is 20.1. The third kappa shape index (κ3) is 4.76. The second-order valence-corrected chi connectivity index (χ2v) is 8.77. The Morgan fingerprint density at radius 1 is 0.886 bits per heavy atom. The summed E-state index contributed by atoms with van der Waals surface area (Å²) in [4.78, 5) is 22.8. The Bertz CT molecular complexity index is 1360. The van der Waals surface area contributed by atoms with Gasteiger partial charge in [0.2, 0.25) is 0 Å². The maximum Gasteiger partial charge on any atom is 0.254 e. The van der Waals surface area contributed by atoms with Gasteiger partial charge in [-0.25, -0.2) is 4.98 Å². The Labute approximate surface area is 206 Å². The number of nitrogens with zero attached hydrogens (tertiary/aromatic N) is 3. The van der Waals surface area contributed by atoms with Crippen LogP contribution < -0.4 is 9.64 Å². The highest BCUT2D eigenvalue weighted by Crippen LogP contribution is 2.30. The number of fused-ring (bicyclic) bond motifs is 1. The number of anilines is 1. The van der Waals surface area contributed by atoms with Crippen LogP contribution in [0.1, 0.15) is 16.7 Å². The van der Waals surface area contributed by atoms with E-state index in [1.54, 1.807) is 7.11 Å². The molecule has 2 heterocycles. The van der Waals surface area contributed by atoms with Crippen LogP contribution in [0.25, 0.3) is 22.6 Å². The summed E-state index contributed by atoms with van der Waals surface area (Å²) in [5.41, 5.74) is 4.71. The highest BCUT2D eigenvalue weighted by Gasteiger charge is 2.25. The molecule has 4 aromatic rings. The number of benzene rings is 3. The zero-order chi connectivity index (χ0) is 24.2. The quantitative estimate of drug-likeness (QED) is 0.292. The molecule has 1 amide bonds. The Kier molecular flexibility index (Phi) is 6.49. The zero-order valence-electron chi connectivity index (χ0n) is 20.1. The summed E-state index contributed by atoms with van der Waals surface area (Å²) in [6, 6.07) is 28.1. The van der Waals surface area contributed by atoms with Crippen molar-refractivity contribution < 1.29 is 9.53 Å². The molecule has 1 aromatic heterocycles. The smallest absolute Gasteiger partial charge is 0.254 e. The van der Waals surface area contributed by atoms with Gasteiger partial charge in [-0.1, -0.05) is 72.8 Å². The van der Waals surface area contributed by atoms with Gasteiger partial charge in [-0.3, -0.25) is 4.79 Å². The third-order valence-electron chi connectivity index (χ3n) is 6.53. The maximum absolute atomic E-state index is 13.7. The monoisotopic (exact) mass is 463 g/mol. The number of pyridine rings is 1. The Morgan fingerprint density at radius 2 is 1.57 bits per heavy atom. The maximum atomic E-state index is 13.7. The molecule has 176 valence electrons. The molecule has 0 spiro atoms. The number of piperazine rings is 1. The number of rotatable bonds is 5. The number of para-hydroxylation sites is 1. The second-order valence-electron chi connectivity index (χ2n) is 8.77. The van der Waals surface area contributed by atoms with Crippen molar-refractivity contribution in [3.8, 4) is 5.75 Å². The van der Waals surface area contributed by atoms with Crippen molar-refractivity contribution in [3.05, 3.63) is 102 Å². The molecule has 1 fully saturated rings. The molecule has 3 aromatic carbocycles. The number of hydrogen-bond acceptors (Lipinski definition) is 4. The number of amides is 1. The van der Waals surface area contributed by atoms with Crippen LogP contribution in [0.2, 0.25) is 0 Å². The fraction of sp³-hybridized carbons (Fsp3) is 0.200. The summed E-state index contributed by atoms with van der Waals surface area (Å²) in [6.07, 6.45) is 1.99. The topological polar surface area (TPSA) is 45.7 Å². The molecule has 5 nitrogen and oxygen atoms in total. The van der Waals surface area contributed by atoms with Crippen molar-refractivity contribution in [1.82, 2.24) is 9.88 Å². The highest BCUT2D eigenvalue weighted by atomic mass is 16.5. The largest absolute Gasteiger partial charge is 0.494 e. The molecular formula is C30H29N3O2. The van der Waals surface area contributed by atoms with E-state index in [1.165, 1.54) is 5.56 Å². The van der Waals surface area contributed by atoms with Gasteiger partial charge >= 0.3 is 0 Å². The van der Waals surface area contributed by atoms with Crippen molar-refractivity contribution in [3.63, 3.8) is 0 Å². The van der Waals surface area contributed by atoms with E-state index in [-0.39, 0.29) is 5.91 Å². The molecule has 0 saturated carbocycles. The van der Waals surface area contributed by atoms with Gasteiger partial charge in [0.05, 0.1) is 7.11 Å². The van der Waals surface area contributed by atoms with Gasteiger partial charge in [0.25, 0.3) is 5.91 Å². The van der Waals surface area contributed by atoms with E-state index in [1.807, 2.05) is 83.8 Å². The van der Waals surface area contributed by atoms with Gasteiger partial charge in [-0.2, -0.15) is 0 Å². The molecule has 0 bridgehead atoms. The van der Waals surface area contributed by atoms with Crippen molar-refractivity contribution in [1.29, 1.82) is 0 Å². The first-order valence-electron chi connectivity index (χ1n) is 11.9. The highest BCUT2D eigenvalue weighted by molar-refractivity contribution is 6.24. The molecular weight excluding hydrogens is 434 g/mol. The fourth-order valence-corrected chi connectivity index (χ4v) is 4.61. The summed E-state index contributed by atoms with van der Waals surface area (Å²) in [5.74, 6) is 1.76. The van der Waals surface area contributed by atoms with Crippen LogP contribution >= 0.6 is 0 Å². The van der Waals surface area contributed by atoms with E-state index in [0.717, 1.165) is 52.3 Å². The van der Waals surface area contributed by atoms with Gasteiger partial charge in [-0.05, 0) is 41.8 Å². The number of hydrogen-bond donors (Lipinski definition) is 0. The number of carbonyl (C=O) groups excluding carboxylic acids is 1. The van der Waals surface area contributed by atoms with Crippen LogP contribution in [0.4, 0.5) is 5.82 Å². The number of aromatic nitrogens is 1. The summed E-state index contributed by atoms with van der Waals surface area (Å²) in [6.45, 7) is 4.84. The lowest BCUT2D eigenvalue weighted by Gasteiger charge is -2.36. The second kappa shape index (κ2) is 10.0. The number of aryl methyl sites for hydroxylation is 1. The first kappa shape index (κ1) is 22.7. The molecule has 1 aliphatic rings. The molecule has 5 rings (SSSR count). The molecule has 0 N–H and O–H groups in total. The Balaban J connectivity index is 1.37. The van der Waals surface area contributed by atoms with Crippen molar-refractivity contribution in [2.45, 2.75) is 6.92 Å². The van der Waals surface area contributed by atoms with Gasteiger partial charge in [-0.15, -0.1) is 0 Å². The predicted octanol–water partition coefficient (Wildman–Crippen LogP) is 5.44. The Morgan fingerprint density at radius 3 is 2.26 bits per heavy atom. The van der Waals surface area contributed by atoms with E-state index in [2.05, 4.69) is 24.0 Å². The van der Waals surface area contributed by atoms with Crippen molar-refractivity contribution >= 4 is 34.3 Å². The number of methoxy groups -OCH3 is 1. The molecule has 1 aliphatic heterocycles. The van der Waals surface area contributed by atoms with E-state index in [0.29, 0.717) is 13.1 Å². The van der Waals surface area contributed by atoms with Crippen LogP contribution in [0.15, 0.2) is 84.9 Å². The van der Waals surface area contributed by atoms with Crippen LogP contribution in [0.3, 0.4) is 0 Å². The van der Waals surface area contributed by atoms with Gasteiger partial charge in [0, 0.05) is 37.1 Å². The van der Waals surface area contributed by atoms with E-state index < -0.39 is 0 Å². The molecule has 1 saturated heterocycles. The number of carbonyl (C=O) groups is 1. The molecule has 0 radical (unpaired) electrons. The normalized spacial score (nSPS) is 14.3. The summed E-state index contributed by atoms with van der Waals surface area (Å²) in [7, 11) is 1.68. The van der Waals surface area contributed by atoms with Crippen LogP contribution in [-0.2, 0) is 4.79 Å². The molecule has 0 aliphatic carbocycles. The minimum absolute atomic E-state index is 0.0593. The molecule has 0 unspecified atom stereocenters. The lowest BCUT2D eigenvalue weighted by atomic mass is 10.0. The average molecular weight is 464 g/mol. The van der Waals surface area contributed by atoms with Crippen molar-refractivity contribution in [2.24, 2.45) is 0 Å². The van der Waals surface area contributed by atoms with Gasteiger partial charge in [0.1, 0.15) is 17.1 Å². The van der Waals surface area contributed by atoms with Crippen LogP contribution in [0, 0.1) is 6.92 Å². The van der Waals surface area contributed by atoms with Crippen LogP contribution in [-0.4, -0.2) is 49.1 Å². The molecule has 0 atom stereocenters. The van der Waals surface area contributed by atoms with E-state index in [4.69, 9.17) is 9.72 Å². The van der Waals surface area contributed by atoms with E-state index in [9.17, 15) is 4.79 Å². The SMILES string of the molecule is COc1cccc2c(C)cc(N3CCN(C(=O)/C(=C\c4ccccc4)c4ccccc4)CC3)nc12. The minimum atomic E-state index is 0.0593. The standard InChI is InChI=1S/C30H29N3O2/c1-22-20-28(31-29-25(22)14-9-15-27(29)35-2)32-16-18-33(19-17-32)30(34)26(24-12-7-4-8-13-24)21-23-10-5-3-6-11-23/h3-15,20-21H,16-19H2,1-2H3/b26-21-.